The summed E-state index contributed by atoms with van der Waals surface area (Å²) in [5.41, 5.74) is 1.35. The standard InChI is InChI=1S/C10H16F2N3O13P3/c1-9(17)6(11)10(12,26-7(9)15-3-2-5(13)14-8(15)16)4-25-30(21,22)28-31(23,24)27-29(18,19)20/h2-3,6-7,17H,4H2,1H3,(H,21,22)(H,23,24)(H2,13,14,16)(H2,18,19,20)/t6-,7?,9+,10+/m0/s1. The number of halogens is 2. The van der Waals surface area contributed by atoms with Crippen molar-refractivity contribution in [3.63, 3.8) is 0 Å². The number of alkyl halides is 2. The van der Waals surface area contributed by atoms with E-state index < -0.39 is 59.6 Å². The second-order valence-corrected chi connectivity index (χ2v) is 10.7. The Morgan fingerprint density at radius 1 is 1.26 bits per heavy atom. The number of aliphatic hydroxyl groups is 1. The molecule has 0 aliphatic carbocycles. The van der Waals surface area contributed by atoms with E-state index in [9.17, 15) is 37.3 Å². The van der Waals surface area contributed by atoms with E-state index >= 15 is 0 Å². The van der Waals surface area contributed by atoms with Gasteiger partial charge in [0, 0.05) is 6.20 Å². The average molecular weight is 517 g/mol. The van der Waals surface area contributed by atoms with Gasteiger partial charge in [-0.1, -0.05) is 0 Å². The number of nitrogens with zero attached hydrogens (tertiary/aromatic N) is 2. The highest BCUT2D eigenvalue weighted by Gasteiger charge is 2.65. The summed E-state index contributed by atoms with van der Waals surface area (Å²) in [6.07, 6.45) is -4.20. The maximum absolute atomic E-state index is 15.0. The maximum atomic E-state index is 15.0. The van der Waals surface area contributed by atoms with Crippen molar-refractivity contribution in [2.24, 2.45) is 0 Å². The number of nitrogens with two attached hydrogens (primary N) is 1. The Bertz CT molecular complexity index is 1050. The monoisotopic (exact) mass is 517 g/mol. The molecule has 3 unspecified atom stereocenters. The summed E-state index contributed by atoms with van der Waals surface area (Å²) in [4.78, 5) is 50.4. The molecule has 178 valence electrons. The predicted molar refractivity (Wildman–Crippen MR) is 92.2 cm³/mol. The molecule has 1 saturated heterocycles. The minimum absolute atomic E-state index is 0.255. The van der Waals surface area contributed by atoms with Gasteiger partial charge in [-0.15, -0.1) is 0 Å². The van der Waals surface area contributed by atoms with Crippen LogP contribution in [0.2, 0.25) is 0 Å². The lowest BCUT2D eigenvalue weighted by Gasteiger charge is -2.26. The number of anilines is 1. The molecule has 0 radical (unpaired) electrons. The second-order valence-electron chi connectivity index (χ2n) is 6.25. The molecule has 0 bridgehead atoms. The fourth-order valence-electron chi connectivity index (χ4n) is 2.45. The van der Waals surface area contributed by atoms with Crippen LogP contribution in [0.3, 0.4) is 0 Å². The van der Waals surface area contributed by atoms with E-state index in [1.165, 1.54) is 0 Å². The van der Waals surface area contributed by atoms with Gasteiger partial charge in [-0.3, -0.25) is 9.09 Å². The zero-order chi connectivity index (χ0) is 24.0. The lowest BCUT2D eigenvalue weighted by Crippen LogP contribution is -2.47. The van der Waals surface area contributed by atoms with Crippen molar-refractivity contribution >= 4 is 29.3 Å². The van der Waals surface area contributed by atoms with Crippen LogP contribution in [0.1, 0.15) is 13.2 Å². The van der Waals surface area contributed by atoms with E-state index in [0.717, 1.165) is 19.2 Å². The molecular formula is C10H16F2N3O13P3. The molecule has 31 heavy (non-hydrogen) atoms. The first-order chi connectivity index (χ1) is 13.8. The molecule has 0 spiro atoms. The van der Waals surface area contributed by atoms with Gasteiger partial charge in [-0.05, 0) is 13.0 Å². The first kappa shape index (κ1) is 26.1. The highest BCUT2D eigenvalue weighted by Crippen LogP contribution is 2.66. The van der Waals surface area contributed by atoms with Gasteiger partial charge in [0.25, 0.3) is 5.85 Å². The smallest absolute Gasteiger partial charge is 0.383 e. The van der Waals surface area contributed by atoms with Crippen LogP contribution in [0.4, 0.5) is 14.6 Å². The fourth-order valence-corrected chi connectivity index (χ4v) is 5.48. The number of hydrogen-bond acceptors (Lipinski definition) is 11. The maximum Gasteiger partial charge on any atom is 0.490 e. The van der Waals surface area contributed by atoms with Crippen LogP contribution in [0, 0.1) is 0 Å². The van der Waals surface area contributed by atoms with Gasteiger partial charge < -0.3 is 35.2 Å². The Kier molecular flexibility index (Phi) is 7.02. The summed E-state index contributed by atoms with van der Waals surface area (Å²) in [6.45, 7) is -1.14. The van der Waals surface area contributed by atoms with Crippen molar-refractivity contribution in [1.82, 2.24) is 9.55 Å². The van der Waals surface area contributed by atoms with Crippen molar-refractivity contribution in [2.45, 2.75) is 30.8 Å². The molecule has 1 aromatic rings. The Morgan fingerprint density at radius 3 is 2.35 bits per heavy atom. The first-order valence-electron chi connectivity index (χ1n) is 7.64. The van der Waals surface area contributed by atoms with Crippen LogP contribution in [-0.4, -0.2) is 58.5 Å². The SMILES string of the molecule is C[C@]1(O)C(n2ccc(N)nc2=O)O[C@](F)(COP(=O)(O)OP(=O)(O)OP(=O)(O)O)[C@H]1F. The van der Waals surface area contributed by atoms with Crippen LogP contribution in [0.15, 0.2) is 17.1 Å². The zero-order valence-electron chi connectivity index (χ0n) is 15.1. The molecule has 1 aromatic heterocycles. The summed E-state index contributed by atoms with van der Waals surface area (Å²) in [5, 5.41) is 10.3. The molecule has 2 rings (SSSR count). The Morgan fingerprint density at radius 2 is 1.84 bits per heavy atom. The van der Waals surface area contributed by atoms with E-state index in [1.54, 1.807) is 0 Å². The fraction of sp³-hybridized carbons (Fsp3) is 0.600. The van der Waals surface area contributed by atoms with Crippen molar-refractivity contribution in [2.75, 3.05) is 12.3 Å². The molecule has 21 heteroatoms. The van der Waals surface area contributed by atoms with E-state index in [-0.39, 0.29) is 5.82 Å². The van der Waals surface area contributed by atoms with Crippen LogP contribution >= 0.6 is 23.5 Å². The third kappa shape index (κ3) is 6.22. The normalized spacial score (nSPS) is 33.0. The lowest BCUT2D eigenvalue weighted by atomic mass is 9.97. The summed E-state index contributed by atoms with van der Waals surface area (Å²) in [7, 11) is -17.4. The highest BCUT2D eigenvalue weighted by molar-refractivity contribution is 7.66. The van der Waals surface area contributed by atoms with Crippen molar-refractivity contribution in [1.29, 1.82) is 0 Å². The molecular weight excluding hydrogens is 501 g/mol. The summed E-state index contributed by atoms with van der Waals surface area (Å²) in [5.74, 6) is -3.98. The molecule has 0 saturated carbocycles. The third-order valence-electron chi connectivity index (χ3n) is 3.64. The van der Waals surface area contributed by atoms with Crippen LogP contribution in [-0.2, 0) is 31.6 Å². The molecule has 2 heterocycles. The molecule has 0 aromatic carbocycles. The van der Waals surface area contributed by atoms with Crippen LogP contribution in [0.5, 0.6) is 0 Å². The topological polar surface area (TPSA) is 250 Å². The number of phosphoric ester groups is 1. The van der Waals surface area contributed by atoms with Gasteiger partial charge in [0.1, 0.15) is 18.0 Å². The molecule has 1 fully saturated rings. The molecule has 7 N–H and O–H groups in total. The van der Waals surface area contributed by atoms with Gasteiger partial charge in [-0.25, -0.2) is 27.3 Å². The predicted octanol–water partition coefficient (Wildman–Crippen LogP) is -0.547. The summed E-state index contributed by atoms with van der Waals surface area (Å²) >= 11 is 0. The zero-order valence-corrected chi connectivity index (χ0v) is 17.8. The molecule has 6 atom stereocenters. The minimum Gasteiger partial charge on any atom is -0.383 e. The Balaban J connectivity index is 2.21. The van der Waals surface area contributed by atoms with E-state index in [0.29, 0.717) is 4.57 Å². The molecule has 16 nitrogen and oxygen atoms in total. The van der Waals surface area contributed by atoms with E-state index in [4.69, 9.17) is 20.4 Å². The number of rotatable bonds is 8. The molecule has 0 amide bonds. The third-order valence-corrected chi connectivity index (χ3v) is 7.43. The second kappa shape index (κ2) is 8.33. The average Bonchev–Trinajstić information content (AvgIpc) is 2.71. The quantitative estimate of drug-likeness (QED) is 0.237. The highest BCUT2D eigenvalue weighted by atomic mass is 31.3. The van der Waals surface area contributed by atoms with E-state index in [1.807, 2.05) is 0 Å². The summed E-state index contributed by atoms with van der Waals surface area (Å²) in [6, 6.07) is 1.04. The summed E-state index contributed by atoms with van der Waals surface area (Å²) < 4.78 is 79.0. The van der Waals surface area contributed by atoms with Gasteiger partial charge in [0.2, 0.25) is 0 Å². The van der Waals surface area contributed by atoms with Gasteiger partial charge in [0.05, 0.1) is 0 Å². The minimum atomic E-state index is -5.90. The van der Waals surface area contributed by atoms with Crippen LogP contribution < -0.4 is 11.4 Å². The number of nitrogen functional groups attached to an aromatic ring is 1. The lowest BCUT2D eigenvalue weighted by molar-refractivity contribution is -0.195. The van der Waals surface area contributed by atoms with Crippen molar-refractivity contribution in [3.8, 4) is 0 Å². The van der Waals surface area contributed by atoms with Crippen molar-refractivity contribution in [3.05, 3.63) is 22.7 Å². The van der Waals surface area contributed by atoms with Crippen LogP contribution in [0.25, 0.3) is 0 Å². The van der Waals surface area contributed by atoms with Gasteiger partial charge in [-0.2, -0.15) is 13.6 Å². The van der Waals surface area contributed by atoms with Gasteiger partial charge in [0.15, 0.2) is 12.4 Å². The number of phosphoric acid groups is 3. The largest absolute Gasteiger partial charge is 0.490 e. The first-order valence-corrected chi connectivity index (χ1v) is 12.2. The van der Waals surface area contributed by atoms with Gasteiger partial charge >= 0.3 is 29.2 Å². The number of hydrogen-bond donors (Lipinski definition) is 6. The van der Waals surface area contributed by atoms with E-state index in [2.05, 4.69) is 22.9 Å². The number of ether oxygens (including phenoxy) is 1. The van der Waals surface area contributed by atoms with Crippen molar-refractivity contribution < 1.29 is 65.0 Å². The Hall–Kier alpha value is -1.13. The molecule has 1 aliphatic rings. The number of aromatic nitrogens is 2. The Labute approximate surface area is 170 Å². The molecule has 1 aliphatic heterocycles.